The van der Waals surface area contributed by atoms with Crippen molar-refractivity contribution in [3.05, 3.63) is 32.5 Å². The topological polar surface area (TPSA) is 24.9 Å². The molecule has 17 heavy (non-hydrogen) atoms. The quantitative estimate of drug-likeness (QED) is 0.847. The van der Waals surface area contributed by atoms with Gasteiger partial charge in [0.25, 0.3) is 0 Å². The molecule has 0 fully saturated rings. The number of aromatic nitrogens is 1. The lowest BCUT2D eigenvalue weighted by Crippen LogP contribution is -2.21. The summed E-state index contributed by atoms with van der Waals surface area (Å²) < 4.78 is 1.99. The molecule has 2 nitrogen and oxygen atoms in total. The largest absolute Gasteiger partial charge is 0.313 e. The Kier molecular flexibility index (Phi) is 6.38. The first-order chi connectivity index (χ1) is 7.99. The lowest BCUT2D eigenvalue weighted by Gasteiger charge is -2.07. The molecule has 0 aliphatic rings. The number of nitrogens with zero attached hydrogens (tertiary/aromatic N) is 1. The van der Waals surface area contributed by atoms with E-state index in [2.05, 4.69) is 69.0 Å². The second kappa shape index (κ2) is 7.29. The molecule has 1 aromatic heterocycles. The van der Waals surface area contributed by atoms with E-state index in [9.17, 15) is 0 Å². The van der Waals surface area contributed by atoms with E-state index < -0.39 is 0 Å². The fraction of sp³-hybridized carbons (Fsp3) is 0.462. The smallest absolute Gasteiger partial charge is 0.0772 e. The van der Waals surface area contributed by atoms with Crippen molar-refractivity contribution in [2.45, 2.75) is 20.8 Å². The van der Waals surface area contributed by atoms with Crippen LogP contribution in [0.25, 0.3) is 6.08 Å². The van der Waals surface area contributed by atoms with Gasteiger partial charge in [-0.05, 0) is 63.4 Å². The van der Waals surface area contributed by atoms with Crippen molar-refractivity contribution in [3.63, 3.8) is 0 Å². The van der Waals surface area contributed by atoms with Gasteiger partial charge in [0.05, 0.1) is 5.69 Å². The van der Waals surface area contributed by atoms with E-state index in [-0.39, 0.29) is 0 Å². The molecule has 0 atom stereocenters. The Morgan fingerprint density at radius 3 is 2.76 bits per heavy atom. The van der Waals surface area contributed by atoms with Gasteiger partial charge in [-0.15, -0.1) is 0 Å². The Morgan fingerprint density at radius 1 is 1.47 bits per heavy atom. The van der Waals surface area contributed by atoms with Crippen molar-refractivity contribution < 1.29 is 0 Å². The number of halogens is 2. The first kappa shape index (κ1) is 14.9. The molecule has 0 aliphatic carbocycles. The summed E-state index contributed by atoms with van der Waals surface area (Å²) in [6.07, 6.45) is 3.91. The molecule has 94 valence electrons. The van der Waals surface area contributed by atoms with E-state index in [0.717, 1.165) is 27.7 Å². The normalized spacial score (nSPS) is 12.2. The maximum Gasteiger partial charge on any atom is 0.0772 e. The number of rotatable bonds is 5. The van der Waals surface area contributed by atoms with Crippen molar-refractivity contribution in [1.82, 2.24) is 10.3 Å². The standard InChI is InChI=1S/C13H18Br2N2/c1-9(2)6-16-7-10(3)4-13-12(15)5-11(14)8-17-13/h4-5,8-9,16H,6-7H2,1-3H3. The average molecular weight is 362 g/mol. The summed E-state index contributed by atoms with van der Waals surface area (Å²) in [5.74, 6) is 0.681. The number of hydrogen-bond acceptors (Lipinski definition) is 2. The molecule has 0 spiro atoms. The summed E-state index contributed by atoms with van der Waals surface area (Å²) in [6.45, 7) is 8.48. The molecule has 0 unspecified atom stereocenters. The monoisotopic (exact) mass is 360 g/mol. The van der Waals surface area contributed by atoms with Crippen LogP contribution >= 0.6 is 31.9 Å². The molecule has 4 heteroatoms. The first-order valence-electron chi connectivity index (χ1n) is 5.68. The Bertz CT molecular complexity index is 400. The van der Waals surface area contributed by atoms with E-state index >= 15 is 0 Å². The zero-order valence-electron chi connectivity index (χ0n) is 10.4. The van der Waals surface area contributed by atoms with Gasteiger partial charge in [0.15, 0.2) is 0 Å². The molecule has 0 aromatic carbocycles. The van der Waals surface area contributed by atoms with Crippen LogP contribution in [0.2, 0.25) is 0 Å². The average Bonchev–Trinajstić information content (AvgIpc) is 2.21. The van der Waals surface area contributed by atoms with Crippen molar-refractivity contribution in [2.75, 3.05) is 13.1 Å². The fourth-order valence-electron chi connectivity index (χ4n) is 1.37. The molecule has 0 amide bonds. The van der Waals surface area contributed by atoms with Crippen LogP contribution < -0.4 is 5.32 Å². The summed E-state index contributed by atoms with van der Waals surface area (Å²) in [5.41, 5.74) is 2.25. The third-order valence-corrected chi connectivity index (χ3v) is 3.24. The minimum absolute atomic E-state index is 0.681. The number of pyridine rings is 1. The summed E-state index contributed by atoms with van der Waals surface area (Å²) in [6, 6.07) is 2.01. The fourth-order valence-corrected chi connectivity index (χ4v) is 2.48. The van der Waals surface area contributed by atoms with Gasteiger partial charge in [0, 0.05) is 21.7 Å². The van der Waals surface area contributed by atoms with Crippen molar-refractivity contribution in [2.24, 2.45) is 5.92 Å². The highest BCUT2D eigenvalue weighted by atomic mass is 79.9. The third kappa shape index (κ3) is 5.80. The third-order valence-electron chi connectivity index (χ3n) is 2.18. The molecule has 1 rings (SSSR count). The molecule has 1 heterocycles. The Hall–Kier alpha value is -0.190. The van der Waals surface area contributed by atoms with Crippen LogP contribution in [0.1, 0.15) is 26.5 Å². The molecule has 0 saturated carbocycles. The summed E-state index contributed by atoms with van der Waals surface area (Å²) >= 11 is 6.90. The van der Waals surface area contributed by atoms with Gasteiger partial charge < -0.3 is 5.32 Å². The van der Waals surface area contributed by atoms with Crippen LogP contribution in [0.4, 0.5) is 0 Å². The maximum atomic E-state index is 4.36. The molecule has 0 aliphatic heterocycles. The van der Waals surface area contributed by atoms with Crippen LogP contribution in [0.5, 0.6) is 0 Å². The Balaban J connectivity index is 2.61. The number of hydrogen-bond donors (Lipinski definition) is 1. The Labute approximate surface area is 120 Å². The molecular formula is C13H18Br2N2. The maximum absolute atomic E-state index is 4.36. The van der Waals surface area contributed by atoms with Gasteiger partial charge in [-0.2, -0.15) is 0 Å². The van der Waals surface area contributed by atoms with Crippen molar-refractivity contribution in [3.8, 4) is 0 Å². The van der Waals surface area contributed by atoms with Gasteiger partial charge in [0.2, 0.25) is 0 Å². The highest BCUT2D eigenvalue weighted by molar-refractivity contribution is 9.11. The Morgan fingerprint density at radius 2 is 2.18 bits per heavy atom. The van der Waals surface area contributed by atoms with E-state index in [1.165, 1.54) is 5.57 Å². The predicted molar refractivity (Wildman–Crippen MR) is 81.0 cm³/mol. The molecule has 0 radical (unpaired) electrons. The zero-order valence-corrected chi connectivity index (χ0v) is 13.6. The van der Waals surface area contributed by atoms with E-state index in [4.69, 9.17) is 0 Å². The van der Waals surface area contributed by atoms with Gasteiger partial charge in [0.1, 0.15) is 0 Å². The van der Waals surface area contributed by atoms with Gasteiger partial charge in [-0.1, -0.05) is 19.4 Å². The SMILES string of the molecule is CC(=Cc1ncc(Br)cc1Br)CNCC(C)C. The highest BCUT2D eigenvalue weighted by Gasteiger charge is 2.00. The predicted octanol–water partition coefficient (Wildman–Crippen LogP) is 4.26. The summed E-state index contributed by atoms with van der Waals surface area (Å²) in [5, 5.41) is 3.42. The van der Waals surface area contributed by atoms with E-state index in [0.29, 0.717) is 5.92 Å². The summed E-state index contributed by atoms with van der Waals surface area (Å²) in [4.78, 5) is 4.36. The lowest BCUT2D eigenvalue weighted by molar-refractivity contribution is 0.572. The highest BCUT2D eigenvalue weighted by Crippen LogP contribution is 2.21. The summed E-state index contributed by atoms with van der Waals surface area (Å²) in [7, 11) is 0. The lowest BCUT2D eigenvalue weighted by atomic mass is 10.2. The van der Waals surface area contributed by atoms with Crippen molar-refractivity contribution >= 4 is 37.9 Å². The minimum Gasteiger partial charge on any atom is -0.313 e. The number of nitrogens with one attached hydrogen (secondary N) is 1. The van der Waals surface area contributed by atoms with Gasteiger partial charge >= 0.3 is 0 Å². The second-order valence-electron chi connectivity index (χ2n) is 4.54. The van der Waals surface area contributed by atoms with Crippen LogP contribution in [-0.2, 0) is 0 Å². The molecular weight excluding hydrogens is 344 g/mol. The zero-order chi connectivity index (χ0) is 12.8. The van der Waals surface area contributed by atoms with Crippen LogP contribution in [0.15, 0.2) is 26.8 Å². The first-order valence-corrected chi connectivity index (χ1v) is 7.26. The molecule has 0 bridgehead atoms. The van der Waals surface area contributed by atoms with Gasteiger partial charge in [-0.25, -0.2) is 0 Å². The van der Waals surface area contributed by atoms with Crippen LogP contribution in [0, 0.1) is 5.92 Å². The molecule has 0 saturated heterocycles. The second-order valence-corrected chi connectivity index (χ2v) is 6.31. The minimum atomic E-state index is 0.681. The van der Waals surface area contributed by atoms with Crippen LogP contribution in [0.3, 0.4) is 0 Å². The van der Waals surface area contributed by atoms with Crippen LogP contribution in [-0.4, -0.2) is 18.1 Å². The van der Waals surface area contributed by atoms with E-state index in [1.54, 1.807) is 0 Å². The van der Waals surface area contributed by atoms with E-state index in [1.807, 2.05) is 12.3 Å². The van der Waals surface area contributed by atoms with Gasteiger partial charge in [-0.3, -0.25) is 4.98 Å². The molecule has 1 aromatic rings. The van der Waals surface area contributed by atoms with Crippen molar-refractivity contribution in [1.29, 1.82) is 0 Å². The molecule has 1 N–H and O–H groups in total.